The first kappa shape index (κ1) is 107. The van der Waals surface area contributed by atoms with E-state index in [1.54, 1.807) is 79.6 Å². The Morgan fingerprint density at radius 2 is 0.805 bits per heavy atom. The van der Waals surface area contributed by atoms with E-state index in [1.165, 1.54) is 38.3 Å². The average molecular weight is 2600 g/mol. The molecule has 19 aromatic rings. The molecule has 0 aliphatic carbocycles. The van der Waals surface area contributed by atoms with Crippen molar-refractivity contribution in [2.75, 3.05) is 0 Å². The zero-order chi connectivity index (χ0) is 87.6. The largest absolute Gasteiger partial charge is 0.574 e. The third-order valence-corrected chi connectivity index (χ3v) is 15.9. The number of ketones is 1. The Morgan fingerprint density at radius 3 is 1.18 bits per heavy atom. The summed E-state index contributed by atoms with van der Waals surface area (Å²) in [5, 5.41) is 38.0. The van der Waals surface area contributed by atoms with Gasteiger partial charge in [-0.3, -0.25) is 44.7 Å². The SMILES string of the molecule is CC(=O)C=C(C)O.Cc1cc(-c2ccccn2)[n-]n1.Cc1cc(-c2ccccn2)[n-]n1.FC(F)(F)c1cc(-c2ccccn2)[n-]n1.Fc1c[c-]c(-c2ccccn2)c(F)c1.Fc1c[c-]c(-c2ccccn2)cc1.[C-]#N.[CH-]=O.[Ir].[Ir].[Ir].[Ir].[Pt].[c-]1ccccc1-c1ccccn1.c1ccc(-c2nc3ccccc3[n-]2)nc1.c1ccc2nc(-c3nc4ccccc4[n-]3)ccc2c1. The maximum Gasteiger partial charge on any atom is 0.431 e. The van der Waals surface area contributed by atoms with E-state index in [0.29, 0.717) is 23.0 Å². The van der Waals surface area contributed by atoms with E-state index in [-0.39, 0.29) is 130 Å². The zero-order valence-electron chi connectivity index (χ0n) is 67.5. The number of pyridine rings is 8. The van der Waals surface area contributed by atoms with Crippen LogP contribution in [0.25, 0.3) is 124 Å². The van der Waals surface area contributed by atoms with Crippen LogP contribution in [-0.2, 0) is 117 Å². The summed E-state index contributed by atoms with van der Waals surface area (Å²) in [4.78, 5) is 68.9. The summed E-state index contributed by atoms with van der Waals surface area (Å²) < 4.78 is 74.9. The first-order valence-electron chi connectivity index (χ1n) is 36.8. The number of benzene rings is 6. The molecule has 0 fully saturated rings. The number of aromatic nitrogens is 18. The molecule has 0 bridgehead atoms. The Balaban J connectivity index is 0.000000301. The summed E-state index contributed by atoms with van der Waals surface area (Å²) >= 11 is 0. The minimum absolute atomic E-state index is 0. The maximum atomic E-state index is 13.2. The summed E-state index contributed by atoms with van der Waals surface area (Å²) in [7, 11) is 0. The van der Waals surface area contributed by atoms with Crippen LogP contribution in [0.5, 0.6) is 0 Å². The number of hydrogen-bond acceptors (Lipinski definition) is 17. The number of carbonyl (C=O) groups excluding carboxylic acids is 2. The normalized spacial score (nSPS) is 9.86. The van der Waals surface area contributed by atoms with Gasteiger partial charge in [-0.05, 0) is 163 Å². The number of hydrogen-bond donors (Lipinski definition) is 1. The topological polar surface area (TPSA) is 316 Å². The Hall–Kier alpha value is -13.4. The van der Waals surface area contributed by atoms with Crippen molar-refractivity contribution in [3.63, 3.8) is 0 Å². The van der Waals surface area contributed by atoms with Gasteiger partial charge in [0.15, 0.2) is 5.78 Å². The van der Waals surface area contributed by atoms with Crippen LogP contribution in [0.1, 0.15) is 30.9 Å². The van der Waals surface area contributed by atoms with Gasteiger partial charge in [-0.25, -0.2) is 4.98 Å². The minimum Gasteiger partial charge on any atom is -0.574 e. The van der Waals surface area contributed by atoms with Gasteiger partial charge >= 0.3 is 6.18 Å². The molecule has 0 aliphatic heterocycles. The third kappa shape index (κ3) is 34.8. The van der Waals surface area contributed by atoms with E-state index in [9.17, 15) is 31.1 Å². The van der Waals surface area contributed by atoms with Gasteiger partial charge in [0.2, 0.25) is 0 Å². The number of para-hydroxylation sites is 5. The molecule has 1 N–H and O–H groups in total. The fourth-order valence-electron chi connectivity index (χ4n) is 10.5. The first-order valence-corrected chi connectivity index (χ1v) is 36.8. The molecule has 128 heavy (non-hydrogen) atoms. The number of halogens is 6. The van der Waals surface area contributed by atoms with Gasteiger partial charge in [0.05, 0.1) is 22.7 Å². The van der Waals surface area contributed by atoms with Crippen molar-refractivity contribution in [2.45, 2.75) is 33.9 Å². The maximum absolute atomic E-state index is 13.2. The number of imidazole rings is 2. The van der Waals surface area contributed by atoms with Crippen LogP contribution < -0.4 is 25.3 Å². The van der Waals surface area contributed by atoms with Crippen LogP contribution in [0.4, 0.5) is 26.3 Å². The molecule has 33 heteroatoms. The molecule has 22 nitrogen and oxygen atoms in total. The van der Waals surface area contributed by atoms with Crippen molar-refractivity contribution in [3.05, 3.63) is 400 Å². The Bertz CT molecular complexity index is 6220. The number of aliphatic hydroxyl groups is 1. The monoisotopic (exact) mass is 2600 g/mol. The Labute approximate surface area is 801 Å². The molecule has 13 aromatic heterocycles. The second-order valence-electron chi connectivity index (χ2n) is 25.0. The van der Waals surface area contributed by atoms with Crippen molar-refractivity contribution in [3.8, 4) is 91.0 Å². The van der Waals surface area contributed by atoms with Crippen LogP contribution in [-0.4, -0.2) is 82.8 Å². The number of allylic oxidation sites excluding steroid dienone is 2. The number of aryl methyl sites for hydroxylation is 2. The number of carbonyl (C=O) groups is 1. The van der Waals surface area contributed by atoms with Crippen molar-refractivity contribution in [1.29, 1.82) is 5.26 Å². The summed E-state index contributed by atoms with van der Waals surface area (Å²) in [6.45, 7) is 14.7. The molecule has 0 spiro atoms. The number of nitrogens with zero attached hydrogens (tertiary/aromatic N) is 19. The van der Waals surface area contributed by atoms with Gasteiger partial charge in [-0.1, -0.05) is 174 Å². The van der Waals surface area contributed by atoms with Gasteiger partial charge in [-0.15, -0.1) is 77.9 Å². The molecule has 0 atom stereocenters. The Morgan fingerprint density at radius 1 is 0.414 bits per heavy atom. The van der Waals surface area contributed by atoms with Gasteiger partial charge in [0, 0.05) is 202 Å². The number of rotatable bonds is 9. The van der Waals surface area contributed by atoms with Gasteiger partial charge in [0.1, 0.15) is 5.69 Å². The van der Waals surface area contributed by atoms with Crippen molar-refractivity contribution >= 4 is 45.5 Å². The molecular formula is C95H69F6Ir4N19O3Pt-10. The quantitative estimate of drug-likeness (QED) is 0.0461. The van der Waals surface area contributed by atoms with E-state index in [0.717, 1.165) is 119 Å². The molecule has 0 aliphatic rings. The summed E-state index contributed by atoms with van der Waals surface area (Å²) in [6, 6.07) is 93.7. The second kappa shape index (κ2) is 57.2. The fourth-order valence-corrected chi connectivity index (χ4v) is 10.5. The van der Waals surface area contributed by atoms with Gasteiger partial charge in [-0.2, -0.15) is 13.2 Å². The van der Waals surface area contributed by atoms with Crippen molar-refractivity contribution in [2.24, 2.45) is 0 Å². The molecular weight excluding hydrogens is 2530 g/mol. The molecule has 0 amide bonds. The molecule has 6 aromatic carbocycles. The van der Waals surface area contributed by atoms with Crippen LogP contribution in [0.15, 0.2) is 340 Å². The summed E-state index contributed by atoms with van der Waals surface area (Å²) in [5.74, 6) is -0.248. The van der Waals surface area contributed by atoms with Crippen LogP contribution >= 0.6 is 0 Å². The summed E-state index contributed by atoms with van der Waals surface area (Å²) in [5.41, 5.74) is 15.3. The van der Waals surface area contributed by atoms with Gasteiger partial charge < -0.3 is 87.2 Å². The summed E-state index contributed by atoms with van der Waals surface area (Å²) in [6.07, 6.45) is 8.47. The molecule has 660 valence electrons. The third-order valence-electron chi connectivity index (χ3n) is 15.9. The average Bonchev–Trinajstić information content (AvgIpc) is 1.66. The van der Waals surface area contributed by atoms with E-state index in [4.69, 9.17) is 21.7 Å². The second-order valence-corrected chi connectivity index (χ2v) is 25.0. The molecule has 19 rings (SSSR count). The minimum atomic E-state index is -4.46. The fraction of sp³-hybridized carbons (Fsp3) is 0.0526. The number of alkyl halides is 3. The van der Waals surface area contributed by atoms with Crippen LogP contribution in [0.2, 0.25) is 0 Å². The van der Waals surface area contributed by atoms with E-state index in [1.807, 2.05) is 214 Å². The van der Waals surface area contributed by atoms with E-state index < -0.39 is 23.5 Å². The predicted molar refractivity (Wildman–Crippen MR) is 455 cm³/mol. The molecule has 0 unspecified atom stereocenters. The van der Waals surface area contributed by atoms with Crippen LogP contribution in [0.3, 0.4) is 0 Å². The molecule has 0 saturated heterocycles. The molecule has 0 saturated carbocycles. The van der Waals surface area contributed by atoms with E-state index >= 15 is 0 Å². The smallest absolute Gasteiger partial charge is 0.431 e. The standard InChI is InChI=1S/C16H10N3.C12H8N3.C11H6F2N.C11H7FN.C11H8N.C9H5F3N3.2C9H8N3.C5H8O2.CN.CHO.4Ir.Pt/c1-2-6-12-11(5-1)9-10-15(17-12)16-18-13-7-3-4-8-14(13)19-16;1-2-6-10-9(5-1)14-12(15-10)11-7-3-4-8-13-11;12-8-4-5-9(10(13)7-8)11-3-1-2-6-14-11;12-10-6-4-9(5-7-10)11-3-1-2-8-13-11;1-2-6-10(7-3-1)11-8-4-5-9-12-11;10-9(11,12)8-5-7(14-15-8)6-3-1-2-4-13-6;2*1-7-6-9(12-11-7)8-4-2-3-5-10-8;1-4(6)3-5(2)7;2*1-2;;;;;/h1-10H;1-8H;1-4,6-7H;1-4,6-8H;1-6,8-9H;1-5H;2*2-6H,1H3;3,6H,1-2H3;;1H;;;;;/q8*-1;;2*-1;;;;;. The van der Waals surface area contributed by atoms with Crippen molar-refractivity contribution in [1.82, 2.24) is 90.4 Å². The first-order chi connectivity index (χ1) is 59.8. The predicted octanol–water partition coefficient (Wildman–Crippen LogP) is 19.5. The molecule has 4 radical (unpaired) electrons. The number of fused-ring (bicyclic) bond motifs is 3. The van der Waals surface area contributed by atoms with Gasteiger partial charge in [0.25, 0.3) is 0 Å². The number of aliphatic hydroxyl groups excluding tert-OH is 1. The van der Waals surface area contributed by atoms with E-state index in [2.05, 4.69) is 128 Å². The Kier molecular flexibility index (Phi) is 47.8. The zero-order valence-corrected chi connectivity index (χ0v) is 79.4. The van der Waals surface area contributed by atoms with Crippen LogP contribution in [0, 0.1) is 61.3 Å². The van der Waals surface area contributed by atoms with Crippen molar-refractivity contribution < 1.29 is 143 Å². The molecule has 13 heterocycles.